The maximum Gasteiger partial charge on any atom is 0.261 e. The van der Waals surface area contributed by atoms with Crippen molar-refractivity contribution in [2.24, 2.45) is 0 Å². The minimum atomic E-state index is -3.83. The Labute approximate surface area is 124 Å². The van der Waals surface area contributed by atoms with Crippen molar-refractivity contribution in [3.63, 3.8) is 0 Å². The van der Waals surface area contributed by atoms with Crippen molar-refractivity contribution in [3.05, 3.63) is 23.3 Å². The van der Waals surface area contributed by atoms with E-state index in [1.165, 1.54) is 12.1 Å². The number of hydrogen-bond donors (Lipinski definition) is 1. The van der Waals surface area contributed by atoms with Gasteiger partial charge >= 0.3 is 0 Å². The SMILES string of the molecule is CCCCS(=O)(=O)Nc1c(C)cc(S(=O)(=O)Cl)cc1C. The molecule has 0 atom stereocenters. The van der Waals surface area contributed by atoms with Crippen molar-refractivity contribution in [3.8, 4) is 0 Å². The highest BCUT2D eigenvalue weighted by atomic mass is 35.7. The van der Waals surface area contributed by atoms with Crippen LogP contribution in [0.3, 0.4) is 0 Å². The number of anilines is 1. The van der Waals surface area contributed by atoms with Gasteiger partial charge in [-0.15, -0.1) is 0 Å². The van der Waals surface area contributed by atoms with Crippen molar-refractivity contribution in [2.45, 2.75) is 38.5 Å². The van der Waals surface area contributed by atoms with Crippen LogP contribution in [0, 0.1) is 13.8 Å². The fourth-order valence-electron chi connectivity index (χ4n) is 1.77. The molecule has 5 nitrogen and oxygen atoms in total. The van der Waals surface area contributed by atoms with Gasteiger partial charge in [-0.2, -0.15) is 0 Å². The van der Waals surface area contributed by atoms with Gasteiger partial charge in [0.05, 0.1) is 16.3 Å². The first-order valence-electron chi connectivity index (χ1n) is 6.13. The molecule has 0 saturated carbocycles. The number of unbranched alkanes of at least 4 members (excludes halogenated alkanes) is 1. The largest absolute Gasteiger partial charge is 0.283 e. The van der Waals surface area contributed by atoms with Crippen LogP contribution in [0.5, 0.6) is 0 Å². The van der Waals surface area contributed by atoms with Gasteiger partial charge in [0, 0.05) is 10.7 Å². The predicted octanol–water partition coefficient (Wildman–Crippen LogP) is 2.77. The summed E-state index contributed by atoms with van der Waals surface area (Å²) >= 11 is 0. The van der Waals surface area contributed by atoms with Crippen LogP contribution in [0.4, 0.5) is 5.69 Å². The number of benzene rings is 1. The summed E-state index contributed by atoms with van der Waals surface area (Å²) in [7, 11) is -1.96. The van der Waals surface area contributed by atoms with Crippen LogP contribution >= 0.6 is 10.7 Å². The maximum absolute atomic E-state index is 11.9. The van der Waals surface area contributed by atoms with E-state index in [0.717, 1.165) is 6.42 Å². The summed E-state index contributed by atoms with van der Waals surface area (Å²) in [5.74, 6) is 0.0396. The van der Waals surface area contributed by atoms with Gasteiger partial charge in [-0.05, 0) is 43.5 Å². The molecular weight excluding hydrogens is 322 g/mol. The Morgan fingerprint density at radius 2 is 1.60 bits per heavy atom. The van der Waals surface area contributed by atoms with E-state index in [-0.39, 0.29) is 10.6 Å². The van der Waals surface area contributed by atoms with Gasteiger partial charge in [0.1, 0.15) is 0 Å². The number of nitrogens with one attached hydrogen (secondary N) is 1. The molecule has 0 aliphatic heterocycles. The van der Waals surface area contributed by atoms with Crippen molar-refractivity contribution in [1.82, 2.24) is 0 Å². The van der Waals surface area contributed by atoms with E-state index in [2.05, 4.69) is 4.72 Å². The van der Waals surface area contributed by atoms with Gasteiger partial charge in [-0.25, -0.2) is 16.8 Å². The van der Waals surface area contributed by atoms with Gasteiger partial charge < -0.3 is 0 Å². The fourth-order valence-corrected chi connectivity index (χ4v) is 4.07. The molecule has 20 heavy (non-hydrogen) atoms. The normalized spacial score (nSPS) is 12.4. The molecule has 0 amide bonds. The Kier molecular flexibility index (Phi) is 5.46. The molecule has 0 aliphatic rings. The summed E-state index contributed by atoms with van der Waals surface area (Å²) in [5, 5.41) is 0. The third kappa shape index (κ3) is 4.64. The highest BCUT2D eigenvalue weighted by Crippen LogP contribution is 2.27. The molecule has 0 unspecified atom stereocenters. The lowest BCUT2D eigenvalue weighted by Gasteiger charge is -2.14. The lowest BCUT2D eigenvalue weighted by atomic mass is 10.1. The second-order valence-electron chi connectivity index (χ2n) is 4.64. The first-order valence-corrected chi connectivity index (χ1v) is 10.1. The highest BCUT2D eigenvalue weighted by Gasteiger charge is 2.17. The second kappa shape index (κ2) is 6.32. The molecule has 0 spiro atoms. The van der Waals surface area contributed by atoms with Crippen LogP contribution in [0.25, 0.3) is 0 Å². The van der Waals surface area contributed by atoms with Crippen molar-refractivity contribution in [2.75, 3.05) is 10.5 Å². The van der Waals surface area contributed by atoms with E-state index in [9.17, 15) is 16.8 Å². The van der Waals surface area contributed by atoms with E-state index in [1.807, 2.05) is 6.92 Å². The Bertz CT molecular complexity index is 673. The first kappa shape index (κ1) is 17.3. The Hall–Kier alpha value is -0.790. The Balaban J connectivity index is 3.16. The van der Waals surface area contributed by atoms with Crippen LogP contribution < -0.4 is 4.72 Å². The molecule has 0 saturated heterocycles. The maximum atomic E-state index is 11.9. The number of aryl methyl sites for hydroxylation is 2. The Morgan fingerprint density at radius 1 is 1.10 bits per heavy atom. The predicted molar refractivity (Wildman–Crippen MR) is 81.3 cm³/mol. The third-order valence-electron chi connectivity index (χ3n) is 2.81. The number of halogens is 1. The van der Waals surface area contributed by atoms with Gasteiger partial charge in [-0.3, -0.25) is 4.72 Å². The summed E-state index contributed by atoms with van der Waals surface area (Å²) in [6, 6.07) is 2.71. The molecule has 0 heterocycles. The van der Waals surface area contributed by atoms with Gasteiger partial charge in [0.15, 0.2) is 0 Å². The van der Waals surface area contributed by atoms with Crippen molar-refractivity contribution in [1.29, 1.82) is 0 Å². The number of hydrogen-bond acceptors (Lipinski definition) is 4. The van der Waals surface area contributed by atoms with Crippen LogP contribution in [0.1, 0.15) is 30.9 Å². The van der Waals surface area contributed by atoms with Crippen LogP contribution in [-0.2, 0) is 19.1 Å². The zero-order valence-electron chi connectivity index (χ0n) is 11.6. The minimum Gasteiger partial charge on any atom is -0.283 e. The zero-order chi connectivity index (χ0) is 15.6. The summed E-state index contributed by atoms with van der Waals surface area (Å²) in [6.07, 6.45) is 1.35. The van der Waals surface area contributed by atoms with E-state index in [1.54, 1.807) is 13.8 Å². The lowest BCUT2D eigenvalue weighted by Crippen LogP contribution is -2.18. The van der Waals surface area contributed by atoms with E-state index < -0.39 is 19.1 Å². The summed E-state index contributed by atoms with van der Waals surface area (Å²) in [4.78, 5) is -0.0364. The molecule has 114 valence electrons. The topological polar surface area (TPSA) is 80.3 Å². The van der Waals surface area contributed by atoms with Gasteiger partial charge in [0.2, 0.25) is 10.0 Å². The van der Waals surface area contributed by atoms with Crippen LogP contribution in [0.15, 0.2) is 17.0 Å². The monoisotopic (exact) mass is 339 g/mol. The van der Waals surface area contributed by atoms with Crippen molar-refractivity contribution < 1.29 is 16.8 Å². The molecule has 1 rings (SSSR count). The quantitative estimate of drug-likeness (QED) is 0.808. The molecule has 0 aliphatic carbocycles. The van der Waals surface area contributed by atoms with E-state index >= 15 is 0 Å². The first-order chi connectivity index (χ1) is 9.07. The fraction of sp³-hybridized carbons (Fsp3) is 0.500. The van der Waals surface area contributed by atoms with Gasteiger partial charge in [-0.1, -0.05) is 13.3 Å². The number of rotatable bonds is 6. The average Bonchev–Trinajstić information content (AvgIpc) is 2.30. The Morgan fingerprint density at radius 3 is 2.00 bits per heavy atom. The molecule has 0 fully saturated rings. The molecule has 0 bridgehead atoms. The summed E-state index contributed by atoms with van der Waals surface area (Å²) in [6.45, 7) is 5.18. The zero-order valence-corrected chi connectivity index (χ0v) is 14.0. The van der Waals surface area contributed by atoms with Crippen molar-refractivity contribution >= 4 is 35.4 Å². The van der Waals surface area contributed by atoms with Gasteiger partial charge in [0.25, 0.3) is 9.05 Å². The molecule has 0 radical (unpaired) electrons. The second-order valence-corrected chi connectivity index (χ2v) is 9.05. The lowest BCUT2D eigenvalue weighted by molar-refractivity contribution is 0.597. The minimum absolute atomic E-state index is 0.0364. The molecular formula is C12H18ClNO4S2. The average molecular weight is 340 g/mol. The van der Waals surface area contributed by atoms with E-state index in [0.29, 0.717) is 23.2 Å². The molecule has 1 aromatic carbocycles. The third-order valence-corrected chi connectivity index (χ3v) is 5.49. The van der Waals surface area contributed by atoms with E-state index in [4.69, 9.17) is 10.7 Å². The number of sulfonamides is 1. The smallest absolute Gasteiger partial charge is 0.261 e. The summed E-state index contributed by atoms with van der Waals surface area (Å²) < 4.78 is 48.9. The molecule has 1 N–H and O–H groups in total. The van der Waals surface area contributed by atoms with Crippen LogP contribution in [-0.4, -0.2) is 22.6 Å². The highest BCUT2D eigenvalue weighted by molar-refractivity contribution is 8.13. The molecule has 0 aromatic heterocycles. The standard InChI is InChI=1S/C12H18ClNO4S2/c1-4-5-6-19(15,16)14-12-9(2)7-11(8-10(12)3)20(13,17)18/h7-8,14H,4-6H2,1-3H3. The molecule has 1 aromatic rings. The molecule has 8 heteroatoms. The summed E-state index contributed by atoms with van der Waals surface area (Å²) in [5.41, 5.74) is 1.44. The van der Waals surface area contributed by atoms with Crippen LogP contribution in [0.2, 0.25) is 0 Å².